The number of hydrogen-bond acceptors (Lipinski definition) is 3. The number of carboxylic acid groups (broad SMARTS) is 2. The van der Waals surface area contributed by atoms with Crippen molar-refractivity contribution in [1.82, 2.24) is 4.90 Å². The molecule has 0 spiro atoms. The SMILES string of the molecule is CCCN(C)CCCCC(C(=O)O)C(=O)O.[NH2-].[NH2-].[Pt+2]. The first kappa shape index (κ1) is 27.0. The van der Waals surface area contributed by atoms with Crippen LogP contribution in [0.5, 0.6) is 0 Å². The number of hydrogen-bond donors (Lipinski definition) is 2. The van der Waals surface area contributed by atoms with Gasteiger partial charge in [-0.2, -0.15) is 0 Å². The van der Waals surface area contributed by atoms with Crippen molar-refractivity contribution in [2.24, 2.45) is 5.92 Å². The quantitative estimate of drug-likeness (QED) is 0.403. The van der Waals surface area contributed by atoms with Crippen LogP contribution in [0.15, 0.2) is 0 Å². The van der Waals surface area contributed by atoms with Gasteiger partial charge in [0.2, 0.25) is 0 Å². The molecule has 0 heterocycles. The fourth-order valence-corrected chi connectivity index (χ4v) is 1.58. The zero-order valence-electron chi connectivity index (χ0n) is 11.4. The number of rotatable bonds is 9. The molecule has 118 valence electrons. The first-order chi connectivity index (χ1) is 7.49. The molecule has 0 aliphatic rings. The summed E-state index contributed by atoms with van der Waals surface area (Å²) in [6, 6.07) is 0. The Hall–Kier alpha value is -0.492. The van der Waals surface area contributed by atoms with Gasteiger partial charge < -0.3 is 27.4 Å². The molecule has 7 nitrogen and oxygen atoms in total. The minimum absolute atomic E-state index is 0. The summed E-state index contributed by atoms with van der Waals surface area (Å²) in [6.07, 6.45) is 2.78. The second-order valence-corrected chi connectivity index (χ2v) is 4.03. The van der Waals surface area contributed by atoms with Crippen molar-refractivity contribution < 1.29 is 40.9 Å². The maximum atomic E-state index is 10.6. The zero-order valence-corrected chi connectivity index (χ0v) is 13.7. The van der Waals surface area contributed by atoms with E-state index in [4.69, 9.17) is 10.2 Å². The van der Waals surface area contributed by atoms with Gasteiger partial charge in [0.25, 0.3) is 0 Å². The molecule has 0 atom stereocenters. The number of aliphatic carboxylic acids is 2. The molecule has 0 radical (unpaired) electrons. The molecular weight excluding hydrogens is 433 g/mol. The molecule has 0 aliphatic heterocycles. The van der Waals surface area contributed by atoms with Crippen LogP contribution in [0, 0.1) is 5.92 Å². The summed E-state index contributed by atoms with van der Waals surface area (Å²) in [4.78, 5) is 23.3. The van der Waals surface area contributed by atoms with Gasteiger partial charge in [0.15, 0.2) is 5.92 Å². The second-order valence-electron chi connectivity index (χ2n) is 4.03. The fraction of sp³-hybridized carbons (Fsp3) is 0.818. The summed E-state index contributed by atoms with van der Waals surface area (Å²) in [5.74, 6) is -3.74. The largest absolute Gasteiger partial charge is 2.00 e. The molecule has 0 bridgehead atoms. The van der Waals surface area contributed by atoms with Crippen LogP contribution in [0.2, 0.25) is 0 Å². The van der Waals surface area contributed by atoms with Crippen molar-refractivity contribution >= 4 is 11.9 Å². The third kappa shape index (κ3) is 13.7. The summed E-state index contributed by atoms with van der Waals surface area (Å²) in [5, 5.41) is 17.3. The Bertz CT molecular complexity index is 228. The first-order valence-corrected chi connectivity index (χ1v) is 5.63. The van der Waals surface area contributed by atoms with E-state index in [-0.39, 0.29) is 39.8 Å². The van der Waals surface area contributed by atoms with E-state index in [1.54, 1.807) is 0 Å². The number of carbonyl (C=O) groups is 2. The van der Waals surface area contributed by atoms with Crippen molar-refractivity contribution in [1.29, 1.82) is 0 Å². The van der Waals surface area contributed by atoms with E-state index in [0.29, 0.717) is 6.42 Å². The summed E-state index contributed by atoms with van der Waals surface area (Å²) in [6.45, 7) is 4.00. The van der Waals surface area contributed by atoms with Crippen LogP contribution in [0.3, 0.4) is 0 Å². The Morgan fingerprint density at radius 1 is 1.05 bits per heavy atom. The molecule has 0 aromatic heterocycles. The molecule has 6 N–H and O–H groups in total. The Morgan fingerprint density at radius 2 is 1.53 bits per heavy atom. The minimum atomic E-state index is -1.25. The molecule has 0 aromatic rings. The molecular formula is C11H25N3O4Pt. The van der Waals surface area contributed by atoms with Crippen LogP contribution in [-0.4, -0.2) is 47.2 Å². The van der Waals surface area contributed by atoms with Gasteiger partial charge in [0.05, 0.1) is 0 Å². The minimum Gasteiger partial charge on any atom is -0.693 e. The van der Waals surface area contributed by atoms with E-state index in [1.165, 1.54) is 0 Å². The van der Waals surface area contributed by atoms with E-state index >= 15 is 0 Å². The van der Waals surface area contributed by atoms with Crippen LogP contribution in [0.1, 0.15) is 32.6 Å². The third-order valence-corrected chi connectivity index (χ3v) is 2.48. The number of unbranched alkanes of at least 4 members (excludes halogenated alkanes) is 1. The van der Waals surface area contributed by atoms with Crippen molar-refractivity contribution in [3.8, 4) is 0 Å². The topological polar surface area (TPSA) is 145 Å². The summed E-state index contributed by atoms with van der Waals surface area (Å²) >= 11 is 0. The fourth-order valence-electron chi connectivity index (χ4n) is 1.58. The molecule has 0 saturated heterocycles. The molecule has 0 fully saturated rings. The molecule has 8 heteroatoms. The normalized spacial score (nSPS) is 9.26. The van der Waals surface area contributed by atoms with Gasteiger partial charge in [-0.3, -0.25) is 9.59 Å². The van der Waals surface area contributed by atoms with Gasteiger partial charge in [-0.05, 0) is 39.4 Å². The van der Waals surface area contributed by atoms with Crippen LogP contribution in [0.25, 0.3) is 12.3 Å². The average Bonchev–Trinajstić information content (AvgIpc) is 2.16. The molecule has 0 amide bonds. The standard InChI is InChI=1S/C11H21NO4.2H2N.Pt/c1-3-7-12(2)8-5-4-6-9(10(13)14)11(15)16;;;/h9H,3-8H2,1-2H3,(H,13,14)(H,15,16);2*1H2;/q;2*-1;+2. The van der Waals surface area contributed by atoms with E-state index in [9.17, 15) is 9.59 Å². The predicted octanol–water partition coefficient (Wildman–Crippen LogP) is 2.72. The molecule has 0 unspecified atom stereocenters. The molecule has 0 rings (SSSR count). The third-order valence-electron chi connectivity index (χ3n) is 2.48. The van der Waals surface area contributed by atoms with Crippen LogP contribution >= 0.6 is 0 Å². The number of nitrogens with zero attached hydrogens (tertiary/aromatic N) is 1. The van der Waals surface area contributed by atoms with Gasteiger partial charge >= 0.3 is 33.0 Å². The Kier molecular flexibility index (Phi) is 22.1. The molecule has 0 aromatic carbocycles. The molecule has 0 saturated carbocycles. The summed E-state index contributed by atoms with van der Waals surface area (Å²) < 4.78 is 0. The Morgan fingerprint density at radius 3 is 1.89 bits per heavy atom. The van der Waals surface area contributed by atoms with Crippen LogP contribution in [-0.2, 0) is 30.7 Å². The first-order valence-electron chi connectivity index (χ1n) is 5.63. The summed E-state index contributed by atoms with van der Waals surface area (Å²) in [5.41, 5.74) is 0. The van der Waals surface area contributed by atoms with E-state index in [2.05, 4.69) is 11.8 Å². The van der Waals surface area contributed by atoms with Gasteiger partial charge in [-0.1, -0.05) is 13.3 Å². The van der Waals surface area contributed by atoms with Crippen LogP contribution in [0.4, 0.5) is 0 Å². The van der Waals surface area contributed by atoms with Crippen molar-refractivity contribution in [3.63, 3.8) is 0 Å². The molecule has 0 aliphatic carbocycles. The van der Waals surface area contributed by atoms with Crippen molar-refractivity contribution in [2.75, 3.05) is 20.1 Å². The van der Waals surface area contributed by atoms with E-state index < -0.39 is 17.9 Å². The van der Waals surface area contributed by atoms with Crippen molar-refractivity contribution in [3.05, 3.63) is 12.3 Å². The van der Waals surface area contributed by atoms with Gasteiger partial charge in [-0.25, -0.2) is 0 Å². The van der Waals surface area contributed by atoms with E-state index in [0.717, 1.165) is 25.9 Å². The van der Waals surface area contributed by atoms with E-state index in [1.807, 2.05) is 7.05 Å². The van der Waals surface area contributed by atoms with Gasteiger partial charge in [0, 0.05) is 0 Å². The predicted molar refractivity (Wildman–Crippen MR) is 71.0 cm³/mol. The maximum absolute atomic E-state index is 10.6. The average molecular weight is 458 g/mol. The van der Waals surface area contributed by atoms with Gasteiger partial charge in [-0.15, -0.1) is 0 Å². The monoisotopic (exact) mass is 458 g/mol. The summed E-state index contributed by atoms with van der Waals surface area (Å²) in [7, 11) is 2.01. The maximum Gasteiger partial charge on any atom is 2.00 e. The second kappa shape index (κ2) is 15.6. The Labute approximate surface area is 129 Å². The smallest absolute Gasteiger partial charge is 0.693 e. The van der Waals surface area contributed by atoms with Crippen LogP contribution < -0.4 is 0 Å². The van der Waals surface area contributed by atoms with Crippen molar-refractivity contribution in [2.45, 2.75) is 32.6 Å². The Balaban J connectivity index is -0.000000375. The molecule has 19 heavy (non-hydrogen) atoms. The van der Waals surface area contributed by atoms with Gasteiger partial charge in [0.1, 0.15) is 0 Å². The number of nitrogens with two attached hydrogens (primary N) is 2. The number of carboxylic acids is 2. The zero-order chi connectivity index (χ0) is 12.6.